The van der Waals surface area contributed by atoms with Crippen molar-refractivity contribution in [2.75, 3.05) is 38.2 Å². The topological polar surface area (TPSA) is 143 Å². The predicted octanol–water partition coefficient (Wildman–Crippen LogP) is 2.51. The Labute approximate surface area is 203 Å². The molecule has 0 radical (unpaired) electrons. The first-order valence-electron chi connectivity index (χ1n) is 11.4. The first kappa shape index (κ1) is 23.8. The summed E-state index contributed by atoms with van der Waals surface area (Å²) in [6, 6.07) is 3.96. The zero-order valence-corrected chi connectivity index (χ0v) is 19.4. The highest BCUT2D eigenvalue weighted by atomic mass is 19.1. The Morgan fingerprint density at radius 3 is 2.61 bits per heavy atom. The van der Waals surface area contributed by atoms with Crippen LogP contribution < -0.4 is 20.5 Å². The summed E-state index contributed by atoms with van der Waals surface area (Å²) in [4.78, 5) is 36.5. The Morgan fingerprint density at radius 2 is 2.03 bits per heavy atom. The highest BCUT2D eigenvalue weighted by Gasteiger charge is 2.32. The Hall–Kier alpha value is -3.97. The number of nitrogens with zero attached hydrogens (tertiary/aromatic N) is 4. The normalized spacial score (nSPS) is 16.4. The van der Waals surface area contributed by atoms with Crippen molar-refractivity contribution in [1.82, 2.24) is 15.0 Å². The van der Waals surface area contributed by atoms with Crippen molar-refractivity contribution in [2.45, 2.75) is 25.4 Å². The maximum absolute atomic E-state index is 15.4. The second-order valence-corrected chi connectivity index (χ2v) is 8.76. The second kappa shape index (κ2) is 9.24. The number of carboxylic acids is 1. The number of aromatic nitrogens is 1. The third-order valence-electron chi connectivity index (χ3n) is 6.47. The minimum Gasteiger partial charge on any atom is -0.492 e. The Kier molecular flexibility index (Phi) is 6.10. The van der Waals surface area contributed by atoms with Crippen LogP contribution >= 0.6 is 0 Å². The lowest BCUT2D eigenvalue weighted by molar-refractivity contribution is -0.402. The van der Waals surface area contributed by atoms with Gasteiger partial charge in [-0.3, -0.25) is 14.9 Å². The van der Waals surface area contributed by atoms with Gasteiger partial charge in [0.15, 0.2) is 11.6 Å². The fourth-order valence-electron chi connectivity index (χ4n) is 4.56. The minimum atomic E-state index is -1.35. The number of ether oxygens (including phenoxy) is 1. The number of anilines is 1. The predicted molar refractivity (Wildman–Crippen MR) is 126 cm³/mol. The monoisotopic (exact) mass is 501 g/mol. The van der Waals surface area contributed by atoms with Gasteiger partial charge in [-0.2, -0.15) is 0 Å². The Bertz CT molecular complexity index is 1410. The molecular weight excluding hydrogens is 477 g/mol. The minimum absolute atomic E-state index is 0.0206. The van der Waals surface area contributed by atoms with E-state index in [0.717, 1.165) is 18.9 Å². The van der Waals surface area contributed by atoms with Crippen molar-refractivity contribution >= 4 is 28.4 Å². The van der Waals surface area contributed by atoms with Crippen LogP contribution in [0.3, 0.4) is 0 Å². The molecule has 0 amide bonds. The van der Waals surface area contributed by atoms with Gasteiger partial charge in [-0.15, -0.1) is 0 Å². The molecule has 1 saturated carbocycles. The summed E-state index contributed by atoms with van der Waals surface area (Å²) in [5, 5.41) is 22.1. The van der Waals surface area contributed by atoms with Gasteiger partial charge in [0.1, 0.15) is 21.9 Å². The molecule has 1 aromatic carbocycles. The molecule has 0 atom stereocenters. The maximum atomic E-state index is 15.4. The van der Waals surface area contributed by atoms with Crippen molar-refractivity contribution in [3.8, 4) is 5.75 Å². The van der Waals surface area contributed by atoms with E-state index in [2.05, 4.69) is 5.43 Å². The van der Waals surface area contributed by atoms with Crippen molar-refractivity contribution in [2.24, 2.45) is 0 Å². The molecule has 0 spiro atoms. The standard InChI is InChI=1S/C23H24FN5O7/c1-35-22-19-15(21(30)16(23(31)32)12-28(19)13-2-3-13)10-17(24)20(22)26-6-8-27(9-7-26)25-11-14-4-5-18(36-14)29(33)34/h4-5,10,12-13,25H,2-3,6-9,11H2,1H3,(H,31,32). The molecular formula is C23H24FN5O7. The van der Waals surface area contributed by atoms with E-state index in [4.69, 9.17) is 9.15 Å². The number of piperazine rings is 1. The molecule has 12 nitrogen and oxygen atoms in total. The van der Waals surface area contributed by atoms with Crippen molar-refractivity contribution in [3.05, 3.63) is 61.9 Å². The summed E-state index contributed by atoms with van der Waals surface area (Å²) in [6.45, 7) is 2.16. The molecule has 3 heterocycles. The quantitative estimate of drug-likeness (QED) is 0.349. The molecule has 0 unspecified atom stereocenters. The fraction of sp³-hybridized carbons (Fsp3) is 0.391. The van der Waals surface area contributed by atoms with Crippen LogP contribution in [0.15, 0.2) is 33.6 Å². The summed E-state index contributed by atoms with van der Waals surface area (Å²) >= 11 is 0. The number of rotatable bonds is 8. The van der Waals surface area contributed by atoms with Crippen LogP contribution in [-0.4, -0.2) is 58.9 Å². The van der Waals surface area contributed by atoms with E-state index in [9.17, 15) is 24.8 Å². The Morgan fingerprint density at radius 1 is 1.31 bits per heavy atom. The number of nitrogens with one attached hydrogen (secondary N) is 1. The van der Waals surface area contributed by atoms with Gasteiger partial charge >= 0.3 is 11.9 Å². The highest BCUT2D eigenvalue weighted by molar-refractivity contribution is 5.97. The van der Waals surface area contributed by atoms with Gasteiger partial charge in [0.05, 0.1) is 30.6 Å². The zero-order chi connectivity index (χ0) is 25.6. The SMILES string of the molecule is COc1c(N2CCN(NCc3ccc([N+](=O)[O-])o3)CC2)c(F)cc2c(=O)c(C(=O)O)cn(C3CC3)c12. The number of methoxy groups -OCH3 is 1. The maximum Gasteiger partial charge on any atom is 0.433 e. The smallest absolute Gasteiger partial charge is 0.433 e. The number of fused-ring (bicyclic) bond motifs is 1. The van der Waals surface area contributed by atoms with E-state index in [-0.39, 0.29) is 35.3 Å². The van der Waals surface area contributed by atoms with Crippen LogP contribution in [-0.2, 0) is 6.54 Å². The van der Waals surface area contributed by atoms with Gasteiger partial charge in [0.25, 0.3) is 0 Å². The van der Waals surface area contributed by atoms with Gasteiger partial charge in [-0.1, -0.05) is 0 Å². The lowest BCUT2D eigenvalue weighted by atomic mass is 10.1. The molecule has 2 aliphatic rings. The van der Waals surface area contributed by atoms with Crippen molar-refractivity contribution in [3.63, 3.8) is 0 Å². The third kappa shape index (κ3) is 4.27. The Balaban J connectivity index is 1.40. The van der Waals surface area contributed by atoms with Crippen LogP contribution in [0, 0.1) is 15.9 Å². The number of hydrazine groups is 1. The number of aromatic carboxylic acids is 1. The van der Waals surface area contributed by atoms with E-state index in [1.54, 1.807) is 4.57 Å². The van der Waals surface area contributed by atoms with Gasteiger partial charge in [-0.25, -0.2) is 19.6 Å². The summed E-state index contributed by atoms with van der Waals surface area (Å²) in [5.74, 6) is -1.71. The van der Waals surface area contributed by atoms with Gasteiger partial charge < -0.3 is 23.7 Å². The van der Waals surface area contributed by atoms with E-state index in [0.29, 0.717) is 37.5 Å². The molecule has 13 heteroatoms. The number of furan rings is 1. The van der Waals surface area contributed by atoms with Gasteiger partial charge in [0, 0.05) is 38.4 Å². The van der Waals surface area contributed by atoms with Crippen LogP contribution in [0.1, 0.15) is 35.0 Å². The zero-order valence-electron chi connectivity index (χ0n) is 19.4. The van der Waals surface area contributed by atoms with Crippen LogP contribution in [0.5, 0.6) is 5.75 Å². The molecule has 190 valence electrons. The highest BCUT2D eigenvalue weighted by Crippen LogP contribution is 2.43. The van der Waals surface area contributed by atoms with E-state index >= 15 is 4.39 Å². The molecule has 2 N–H and O–H groups in total. The van der Waals surface area contributed by atoms with Gasteiger partial charge in [-0.05, 0) is 25.0 Å². The molecule has 1 saturated heterocycles. The van der Waals surface area contributed by atoms with E-state index in [1.165, 1.54) is 25.4 Å². The largest absolute Gasteiger partial charge is 0.492 e. The number of benzene rings is 1. The number of carbonyl (C=O) groups is 1. The summed E-state index contributed by atoms with van der Waals surface area (Å²) in [7, 11) is 1.41. The number of halogens is 1. The fourth-order valence-corrected chi connectivity index (χ4v) is 4.56. The number of hydrogen-bond donors (Lipinski definition) is 2. The average Bonchev–Trinajstić information content (AvgIpc) is 3.59. The molecule has 1 aliphatic heterocycles. The summed E-state index contributed by atoms with van der Waals surface area (Å²) in [5.41, 5.74) is 2.63. The van der Waals surface area contributed by atoms with Crippen LogP contribution in [0.25, 0.3) is 10.9 Å². The molecule has 36 heavy (non-hydrogen) atoms. The van der Waals surface area contributed by atoms with E-state index in [1.807, 2.05) is 9.91 Å². The average molecular weight is 501 g/mol. The summed E-state index contributed by atoms with van der Waals surface area (Å²) in [6.07, 6.45) is 2.99. The first-order chi connectivity index (χ1) is 17.3. The number of carboxylic acid groups (broad SMARTS) is 1. The number of nitro groups is 1. The van der Waals surface area contributed by atoms with Crippen molar-refractivity contribution in [1.29, 1.82) is 0 Å². The molecule has 0 bridgehead atoms. The lowest BCUT2D eigenvalue weighted by Crippen LogP contribution is -2.52. The molecule has 1 aliphatic carbocycles. The van der Waals surface area contributed by atoms with Crippen LogP contribution in [0.4, 0.5) is 16.0 Å². The third-order valence-corrected chi connectivity index (χ3v) is 6.47. The van der Waals surface area contributed by atoms with E-state index < -0.39 is 27.7 Å². The molecule has 3 aromatic rings. The summed E-state index contributed by atoms with van der Waals surface area (Å²) < 4.78 is 27.9. The molecule has 5 rings (SSSR count). The number of pyridine rings is 1. The second-order valence-electron chi connectivity index (χ2n) is 8.76. The van der Waals surface area contributed by atoms with Gasteiger partial charge in [0.2, 0.25) is 5.43 Å². The first-order valence-corrected chi connectivity index (χ1v) is 11.4. The van der Waals surface area contributed by atoms with Crippen molar-refractivity contribution < 1.29 is 28.4 Å². The molecule has 2 aromatic heterocycles. The van der Waals surface area contributed by atoms with Crippen LogP contribution in [0.2, 0.25) is 0 Å². The lowest BCUT2D eigenvalue weighted by Gasteiger charge is -2.37. The number of hydrogen-bond acceptors (Lipinski definition) is 9. The molecule has 2 fully saturated rings.